The van der Waals surface area contributed by atoms with Crippen molar-refractivity contribution in [2.75, 3.05) is 52.0 Å². The monoisotopic (exact) mass is 1090 g/mol. The molecule has 0 radical (unpaired) electrons. The van der Waals surface area contributed by atoms with E-state index in [-0.39, 0.29) is 110 Å². The van der Waals surface area contributed by atoms with Crippen LogP contribution in [0.4, 0.5) is 0 Å². The SMILES string of the molecule is CN[C@@H](C)C(=O)N[C@H]1CCS[C@H]2CC(C)(C)[C@@H](C(=O)N[C@H]3c4ccccc4C[C@H]3OCCOCCO[C@@H]3Cc4ccccc4[C@@H]3NC(=O)[C@H]3N4C(=O)[C@@H](NC(=O)[C@H](C)NC)CCS[C@H]4CC3(C)C)N2C1=O.Cl.Cl. The summed E-state index contributed by atoms with van der Waals surface area (Å²) in [5.41, 5.74) is 3.10. The molecule has 4 aliphatic heterocycles. The molecule has 12 atom stereocenters. The van der Waals surface area contributed by atoms with Gasteiger partial charge in [0.25, 0.3) is 0 Å². The minimum atomic E-state index is -0.741. The van der Waals surface area contributed by atoms with Gasteiger partial charge in [-0.15, -0.1) is 48.3 Å². The summed E-state index contributed by atoms with van der Waals surface area (Å²) in [6, 6.07) is 11.3. The normalized spacial score (nSPS) is 29.4. The van der Waals surface area contributed by atoms with E-state index in [1.807, 2.05) is 64.1 Å². The van der Waals surface area contributed by atoms with E-state index >= 15 is 0 Å². The number of halogens is 2. The van der Waals surface area contributed by atoms with Gasteiger partial charge in [0.1, 0.15) is 24.2 Å². The van der Waals surface area contributed by atoms with Crippen LogP contribution in [0, 0.1) is 10.8 Å². The Hall–Kier alpha value is -3.66. The highest BCUT2D eigenvalue weighted by molar-refractivity contribution is 8.00. The number of amides is 6. The zero-order valence-electron chi connectivity index (χ0n) is 43.2. The summed E-state index contributed by atoms with van der Waals surface area (Å²) in [4.78, 5) is 86.7. The summed E-state index contributed by atoms with van der Waals surface area (Å²) in [5.74, 6) is -0.0681. The van der Waals surface area contributed by atoms with Gasteiger partial charge < -0.3 is 55.9 Å². The molecule has 0 spiro atoms. The van der Waals surface area contributed by atoms with Crippen molar-refractivity contribution < 1.29 is 43.0 Å². The molecule has 0 saturated carbocycles. The highest BCUT2D eigenvalue weighted by Crippen LogP contribution is 2.48. The van der Waals surface area contributed by atoms with Crippen LogP contribution in [-0.2, 0) is 55.8 Å². The Morgan fingerprint density at radius 3 is 1.38 bits per heavy atom. The average Bonchev–Trinajstić information content (AvgIpc) is 3.98. The van der Waals surface area contributed by atoms with Crippen LogP contribution in [0.5, 0.6) is 0 Å². The maximum atomic E-state index is 14.6. The molecule has 8 rings (SSSR count). The maximum Gasteiger partial charge on any atom is 0.246 e. The van der Waals surface area contributed by atoms with Crippen LogP contribution in [-0.4, -0.2) is 156 Å². The Balaban J connectivity index is 0.00000435. The van der Waals surface area contributed by atoms with E-state index in [4.69, 9.17) is 14.2 Å². The highest BCUT2D eigenvalue weighted by Gasteiger charge is 2.57. The number of thioether (sulfide) groups is 2. The van der Waals surface area contributed by atoms with Crippen LogP contribution in [0.1, 0.15) is 102 Å². The number of nitrogens with one attached hydrogen (secondary N) is 6. The van der Waals surface area contributed by atoms with Gasteiger partial charge in [0.2, 0.25) is 35.4 Å². The number of benzene rings is 2. The van der Waals surface area contributed by atoms with E-state index in [0.717, 1.165) is 22.3 Å². The van der Waals surface area contributed by atoms with Crippen molar-refractivity contribution in [1.29, 1.82) is 0 Å². The van der Waals surface area contributed by atoms with Crippen molar-refractivity contribution in [2.24, 2.45) is 10.8 Å². The third-order valence-electron chi connectivity index (χ3n) is 15.5. The second-order valence-corrected chi connectivity index (χ2v) is 23.8. The quantitative estimate of drug-likeness (QED) is 0.118. The summed E-state index contributed by atoms with van der Waals surface area (Å²) >= 11 is 3.33. The number of likely N-dealkylation sites (N-methyl/N-ethyl adjacent to an activating group) is 2. The molecule has 2 aromatic carbocycles. The molecule has 21 heteroatoms. The van der Waals surface area contributed by atoms with Crippen molar-refractivity contribution >= 4 is 83.8 Å². The van der Waals surface area contributed by atoms with Gasteiger partial charge in [0.05, 0.1) is 73.6 Å². The topological polar surface area (TPSA) is 209 Å². The molecule has 6 aliphatic rings. The Morgan fingerprint density at radius 2 is 1.00 bits per heavy atom. The largest absolute Gasteiger partial charge is 0.377 e. The Kier molecular flexibility index (Phi) is 20.1. The van der Waals surface area contributed by atoms with Gasteiger partial charge in [0.15, 0.2) is 0 Å². The maximum absolute atomic E-state index is 14.6. The lowest BCUT2D eigenvalue weighted by molar-refractivity contribution is -0.144. The third-order valence-corrected chi connectivity index (χ3v) is 18.0. The molecule has 404 valence electrons. The number of carbonyl (C=O) groups is 6. The van der Waals surface area contributed by atoms with E-state index in [2.05, 4.69) is 44.0 Å². The summed E-state index contributed by atoms with van der Waals surface area (Å²) in [6.07, 6.45) is 2.76. The molecule has 4 fully saturated rings. The second-order valence-electron chi connectivity index (χ2n) is 21.3. The molecule has 4 heterocycles. The second kappa shape index (κ2) is 25.0. The van der Waals surface area contributed by atoms with Crippen LogP contribution in [0.25, 0.3) is 0 Å². The molecule has 0 bridgehead atoms. The molecule has 2 aromatic rings. The van der Waals surface area contributed by atoms with Crippen LogP contribution in [0.3, 0.4) is 0 Å². The summed E-state index contributed by atoms with van der Waals surface area (Å²) < 4.78 is 19.0. The summed E-state index contributed by atoms with van der Waals surface area (Å²) in [7, 11) is 3.40. The van der Waals surface area contributed by atoms with Crippen molar-refractivity contribution in [1.82, 2.24) is 41.7 Å². The van der Waals surface area contributed by atoms with Gasteiger partial charge >= 0.3 is 0 Å². The number of carbonyl (C=O) groups excluding carboxylic acids is 6. The zero-order chi connectivity index (χ0) is 50.8. The smallest absolute Gasteiger partial charge is 0.246 e. The number of nitrogens with zero attached hydrogens (tertiary/aromatic N) is 2. The fraction of sp³-hybridized carbons (Fsp3) is 0.654. The lowest BCUT2D eigenvalue weighted by Crippen LogP contribution is -2.58. The minimum Gasteiger partial charge on any atom is -0.377 e. The predicted molar refractivity (Wildman–Crippen MR) is 288 cm³/mol. The molecular formula is C52H76Cl2N8O9S2. The van der Waals surface area contributed by atoms with Crippen molar-refractivity contribution in [3.05, 3.63) is 70.8 Å². The van der Waals surface area contributed by atoms with Gasteiger partial charge in [-0.2, -0.15) is 0 Å². The molecule has 2 aliphatic carbocycles. The van der Waals surface area contributed by atoms with E-state index in [1.165, 1.54) is 0 Å². The minimum absolute atomic E-state index is 0. The average molecular weight is 1090 g/mol. The van der Waals surface area contributed by atoms with Gasteiger partial charge in [-0.25, -0.2) is 0 Å². The molecule has 17 nitrogen and oxygen atoms in total. The molecule has 0 unspecified atom stereocenters. The van der Waals surface area contributed by atoms with E-state index in [9.17, 15) is 28.8 Å². The van der Waals surface area contributed by atoms with Crippen LogP contribution in [0.15, 0.2) is 48.5 Å². The molecule has 73 heavy (non-hydrogen) atoms. The first-order valence-electron chi connectivity index (χ1n) is 25.3. The number of rotatable bonds is 18. The molecule has 6 N–H and O–H groups in total. The molecule has 0 aromatic heterocycles. The number of ether oxygens (including phenoxy) is 3. The van der Waals surface area contributed by atoms with Crippen molar-refractivity contribution in [2.45, 2.75) is 151 Å². The summed E-state index contributed by atoms with van der Waals surface area (Å²) in [5, 5.41) is 18.0. The molecule has 4 saturated heterocycles. The van der Waals surface area contributed by atoms with Crippen molar-refractivity contribution in [3.8, 4) is 0 Å². The Morgan fingerprint density at radius 1 is 0.616 bits per heavy atom. The Labute approximate surface area is 451 Å². The van der Waals surface area contributed by atoms with E-state index in [1.54, 1.807) is 61.3 Å². The predicted octanol–water partition coefficient (Wildman–Crippen LogP) is 3.81. The first-order valence-corrected chi connectivity index (χ1v) is 27.4. The van der Waals surface area contributed by atoms with Gasteiger partial charge in [-0.05, 0) is 98.2 Å². The van der Waals surface area contributed by atoms with Crippen molar-refractivity contribution in [3.63, 3.8) is 0 Å². The van der Waals surface area contributed by atoms with Crippen LogP contribution >= 0.6 is 48.3 Å². The first kappa shape index (κ1) is 58.6. The fourth-order valence-electron chi connectivity index (χ4n) is 11.4. The zero-order valence-corrected chi connectivity index (χ0v) is 46.5. The number of fused-ring (bicyclic) bond motifs is 4. The fourth-order valence-corrected chi connectivity index (χ4v) is 14.6. The van der Waals surface area contributed by atoms with Gasteiger partial charge in [0, 0.05) is 12.8 Å². The number of hydrogen-bond donors (Lipinski definition) is 6. The lowest BCUT2D eigenvalue weighted by atomic mass is 9.83. The van der Waals surface area contributed by atoms with E-state index in [0.29, 0.717) is 50.0 Å². The van der Waals surface area contributed by atoms with Gasteiger partial charge in [-0.3, -0.25) is 28.8 Å². The lowest BCUT2D eigenvalue weighted by Gasteiger charge is -2.35. The third kappa shape index (κ3) is 12.6. The first-order chi connectivity index (χ1) is 33.9. The number of hydrogen-bond acceptors (Lipinski definition) is 13. The standard InChI is InChI=1S/C52H74N8O9S2.2ClH/c1-29(53-7)45(61)55-35-17-23-70-39-27-51(3,4)43(59(39)49(35)65)47(63)57-41-33-15-11-9-13-31(33)25-37(41)68-21-19-67-20-22-69-38-26-32-14-10-12-16-34(32)42(38)58-48(64)44-52(5,6)28-40-60(44)50(66)36(18-24-71-40)56-46(62)30(2)54-8;;/h9-16,29-30,35-44,53-54H,17-28H2,1-8H3,(H,55,61)(H,56,62)(H,57,63)(H,58,64);2*1H/t29-,30-,35-,36-,37+,38+,39-,40-,41-,42-,43+,44+;;/m0../s1. The van der Waals surface area contributed by atoms with E-state index < -0.39 is 59.2 Å². The molecular weight excluding hydrogens is 1020 g/mol. The Bertz CT molecular complexity index is 2160. The van der Waals surface area contributed by atoms with Gasteiger partial charge in [-0.1, -0.05) is 76.2 Å². The molecule has 6 amide bonds. The summed E-state index contributed by atoms with van der Waals surface area (Å²) in [6.45, 7) is 12.7. The van der Waals surface area contributed by atoms with Crippen LogP contribution < -0.4 is 31.9 Å². The highest BCUT2D eigenvalue weighted by atomic mass is 35.5. The van der Waals surface area contributed by atoms with Crippen LogP contribution in [0.2, 0.25) is 0 Å².